The topological polar surface area (TPSA) is 107 Å². The Morgan fingerprint density at radius 1 is 1.19 bits per heavy atom. The number of ether oxygens (including phenoxy) is 2. The largest absolute Gasteiger partial charge is 0.573 e. The number of nitrogens with zero attached hydrogens (tertiary/aromatic N) is 3. The molecule has 2 heterocycles. The highest BCUT2D eigenvalue weighted by molar-refractivity contribution is 7.91. The third-order valence-corrected chi connectivity index (χ3v) is 4.99. The number of pyridine rings is 1. The summed E-state index contributed by atoms with van der Waals surface area (Å²) in [6.45, 7) is 0.0873. The van der Waals surface area contributed by atoms with E-state index in [1.165, 1.54) is 17.5 Å². The summed E-state index contributed by atoms with van der Waals surface area (Å²) in [4.78, 5) is 3.52. The van der Waals surface area contributed by atoms with E-state index in [1.54, 1.807) is 0 Å². The molecule has 0 amide bonds. The van der Waals surface area contributed by atoms with Crippen molar-refractivity contribution in [1.29, 1.82) is 0 Å². The number of nitrogen functional groups attached to an aromatic ring is 1. The quantitative estimate of drug-likeness (QED) is 0.855. The maximum Gasteiger partial charge on any atom is 0.573 e. The lowest BCUT2D eigenvalue weighted by Gasteiger charge is -2.14. The molecule has 1 aliphatic heterocycles. The van der Waals surface area contributed by atoms with Crippen LogP contribution in [0.15, 0.2) is 51.4 Å². The summed E-state index contributed by atoms with van der Waals surface area (Å²) in [5, 5.41) is 5.17. The molecular formula is C14H11F3N4O4S. The summed E-state index contributed by atoms with van der Waals surface area (Å²) in [6, 6.07) is 4.99. The molecule has 0 bridgehead atoms. The van der Waals surface area contributed by atoms with Crippen molar-refractivity contribution in [3.63, 3.8) is 0 Å². The van der Waals surface area contributed by atoms with E-state index >= 15 is 0 Å². The number of benzene rings is 1. The van der Waals surface area contributed by atoms with Gasteiger partial charge in [-0.2, -0.15) is 0 Å². The molecule has 12 heteroatoms. The van der Waals surface area contributed by atoms with Crippen LogP contribution < -0.4 is 15.5 Å². The SMILES string of the molecule is Nc1cc(S(=O)(=O)c2ccc(OC(F)(F)F)cc2)cnc1N1COC=N1. The molecule has 138 valence electrons. The van der Waals surface area contributed by atoms with Crippen LogP contribution in [0.4, 0.5) is 24.7 Å². The summed E-state index contributed by atoms with van der Waals surface area (Å²) in [5.41, 5.74) is 5.87. The van der Waals surface area contributed by atoms with E-state index in [1.807, 2.05) is 0 Å². The zero-order valence-corrected chi connectivity index (χ0v) is 13.7. The van der Waals surface area contributed by atoms with Gasteiger partial charge in [0.25, 0.3) is 0 Å². The minimum atomic E-state index is -4.86. The van der Waals surface area contributed by atoms with Gasteiger partial charge in [0, 0.05) is 6.20 Å². The monoisotopic (exact) mass is 388 g/mol. The fourth-order valence-corrected chi connectivity index (χ4v) is 3.36. The number of hydrazone groups is 1. The van der Waals surface area contributed by atoms with Crippen LogP contribution in [0.5, 0.6) is 5.75 Å². The van der Waals surface area contributed by atoms with Crippen LogP contribution in [0.2, 0.25) is 0 Å². The third kappa shape index (κ3) is 3.64. The average Bonchev–Trinajstić information content (AvgIpc) is 3.08. The first-order valence-electron chi connectivity index (χ1n) is 6.95. The van der Waals surface area contributed by atoms with Gasteiger partial charge in [-0.15, -0.1) is 18.3 Å². The summed E-state index contributed by atoms with van der Waals surface area (Å²) < 4.78 is 70.3. The van der Waals surface area contributed by atoms with E-state index in [-0.39, 0.29) is 28.0 Å². The van der Waals surface area contributed by atoms with Gasteiger partial charge in [-0.25, -0.2) is 18.4 Å². The lowest BCUT2D eigenvalue weighted by Crippen LogP contribution is -2.17. The van der Waals surface area contributed by atoms with Crippen LogP contribution >= 0.6 is 0 Å². The molecule has 8 nitrogen and oxygen atoms in total. The second-order valence-corrected chi connectivity index (χ2v) is 6.97. The fraction of sp³-hybridized carbons (Fsp3) is 0.143. The zero-order chi connectivity index (χ0) is 18.9. The molecule has 0 saturated carbocycles. The number of nitrogens with two attached hydrogens (primary N) is 1. The van der Waals surface area contributed by atoms with E-state index in [2.05, 4.69) is 14.8 Å². The second kappa shape index (κ2) is 6.37. The maximum atomic E-state index is 12.6. The number of alkyl halides is 3. The van der Waals surface area contributed by atoms with E-state index in [0.717, 1.165) is 30.5 Å². The highest BCUT2D eigenvalue weighted by Gasteiger charge is 2.31. The molecule has 1 aromatic heterocycles. The highest BCUT2D eigenvalue weighted by atomic mass is 32.2. The first-order valence-corrected chi connectivity index (χ1v) is 8.43. The summed E-state index contributed by atoms with van der Waals surface area (Å²) >= 11 is 0. The van der Waals surface area contributed by atoms with Crippen molar-refractivity contribution in [1.82, 2.24) is 4.98 Å². The Labute approximate surface area is 145 Å². The Hall–Kier alpha value is -3.02. The molecule has 1 aliphatic rings. The van der Waals surface area contributed by atoms with Gasteiger partial charge in [0.05, 0.1) is 15.5 Å². The van der Waals surface area contributed by atoms with Crippen LogP contribution in [0.3, 0.4) is 0 Å². The first-order chi connectivity index (χ1) is 12.2. The van der Waals surface area contributed by atoms with Gasteiger partial charge in [-0.1, -0.05) is 0 Å². The number of hydrogen-bond donors (Lipinski definition) is 1. The van der Waals surface area contributed by atoms with Gasteiger partial charge < -0.3 is 15.2 Å². The Morgan fingerprint density at radius 3 is 2.42 bits per heavy atom. The molecule has 0 atom stereocenters. The van der Waals surface area contributed by atoms with Crippen molar-refractivity contribution in [3.8, 4) is 5.75 Å². The normalized spacial score (nSPS) is 14.3. The van der Waals surface area contributed by atoms with Gasteiger partial charge in [0.15, 0.2) is 18.9 Å². The molecule has 26 heavy (non-hydrogen) atoms. The number of aromatic nitrogens is 1. The van der Waals surface area contributed by atoms with Gasteiger partial charge >= 0.3 is 6.36 Å². The Balaban J connectivity index is 1.88. The van der Waals surface area contributed by atoms with Crippen molar-refractivity contribution in [2.45, 2.75) is 16.2 Å². The highest BCUT2D eigenvalue weighted by Crippen LogP contribution is 2.29. The maximum absolute atomic E-state index is 12.6. The molecule has 3 rings (SSSR count). The molecule has 0 unspecified atom stereocenters. The van der Waals surface area contributed by atoms with Crippen LogP contribution in [-0.4, -0.2) is 32.9 Å². The number of sulfone groups is 1. The molecule has 0 aliphatic carbocycles. The van der Waals surface area contributed by atoms with Crippen molar-refractivity contribution in [2.24, 2.45) is 5.10 Å². The van der Waals surface area contributed by atoms with Crippen molar-refractivity contribution in [2.75, 3.05) is 17.5 Å². The van der Waals surface area contributed by atoms with Gasteiger partial charge in [-0.05, 0) is 30.3 Å². The molecule has 0 spiro atoms. The predicted molar refractivity (Wildman–Crippen MR) is 84.1 cm³/mol. The molecule has 0 fully saturated rings. The lowest BCUT2D eigenvalue weighted by molar-refractivity contribution is -0.274. The standard InChI is InChI=1S/C14H11F3N4O4S/c15-14(16,17)25-9-1-3-10(4-2-9)26(22,23)11-5-12(18)13(19-6-11)21-8-24-7-20-21/h1-7H,8,18H2. The molecule has 0 radical (unpaired) electrons. The van der Waals surface area contributed by atoms with E-state index in [4.69, 9.17) is 10.5 Å². The fourth-order valence-electron chi connectivity index (χ4n) is 2.12. The number of halogens is 3. The molecule has 2 N–H and O–H groups in total. The van der Waals surface area contributed by atoms with Gasteiger partial charge in [0.1, 0.15) is 5.75 Å². The average molecular weight is 388 g/mol. The molecule has 2 aromatic rings. The molecule has 0 saturated heterocycles. The minimum Gasteiger partial charge on any atom is -0.459 e. The number of hydrogen-bond acceptors (Lipinski definition) is 8. The number of rotatable bonds is 4. The van der Waals surface area contributed by atoms with E-state index < -0.39 is 21.9 Å². The van der Waals surface area contributed by atoms with Gasteiger partial charge in [0.2, 0.25) is 9.84 Å². The van der Waals surface area contributed by atoms with Crippen LogP contribution in [0.25, 0.3) is 0 Å². The second-order valence-electron chi connectivity index (χ2n) is 5.02. The first kappa shape index (κ1) is 17.8. The zero-order valence-electron chi connectivity index (χ0n) is 12.8. The van der Waals surface area contributed by atoms with E-state index in [0.29, 0.717) is 0 Å². The molecule has 1 aromatic carbocycles. The Kier molecular flexibility index (Phi) is 4.36. The minimum absolute atomic E-state index is 0.0470. The van der Waals surface area contributed by atoms with Crippen LogP contribution in [0, 0.1) is 0 Å². The lowest BCUT2D eigenvalue weighted by atomic mass is 10.3. The van der Waals surface area contributed by atoms with Crippen molar-refractivity contribution >= 4 is 27.7 Å². The molecular weight excluding hydrogens is 377 g/mol. The van der Waals surface area contributed by atoms with E-state index in [9.17, 15) is 21.6 Å². The third-order valence-electron chi connectivity index (χ3n) is 3.25. The van der Waals surface area contributed by atoms with Crippen molar-refractivity contribution < 1.29 is 31.1 Å². The summed E-state index contributed by atoms with van der Waals surface area (Å²) in [6.07, 6.45) is -2.60. The van der Waals surface area contributed by atoms with Crippen molar-refractivity contribution in [3.05, 3.63) is 36.5 Å². The predicted octanol–water partition coefficient (Wildman–Crippen LogP) is 2.13. The summed E-state index contributed by atoms with van der Waals surface area (Å²) in [5.74, 6) is -0.317. The van der Waals surface area contributed by atoms with Crippen LogP contribution in [-0.2, 0) is 14.6 Å². The smallest absolute Gasteiger partial charge is 0.459 e. The number of anilines is 2. The summed E-state index contributed by atoms with van der Waals surface area (Å²) in [7, 11) is -4.03. The van der Waals surface area contributed by atoms with Gasteiger partial charge in [-0.3, -0.25) is 0 Å². The Morgan fingerprint density at radius 2 is 1.88 bits per heavy atom. The Bertz CT molecular complexity index is 946. The van der Waals surface area contributed by atoms with Crippen LogP contribution in [0.1, 0.15) is 0 Å².